The minimum Gasteiger partial charge on any atom is -0.339 e. The van der Waals surface area contributed by atoms with Crippen LogP contribution in [-0.2, 0) is 17.6 Å². The second-order valence-corrected chi connectivity index (χ2v) is 5.83. The van der Waals surface area contributed by atoms with Crippen LogP contribution in [0.5, 0.6) is 0 Å². The first-order chi connectivity index (χ1) is 12.1. The molecule has 0 aliphatic carbocycles. The quantitative estimate of drug-likeness (QED) is 0.744. The second kappa shape index (κ2) is 7.70. The number of hydrogen-bond acceptors (Lipinski definition) is 5. The number of hydrogen-bond donors (Lipinski definition) is 1. The summed E-state index contributed by atoms with van der Waals surface area (Å²) in [5, 5.41) is 6.75. The number of aromatic nitrogens is 3. The van der Waals surface area contributed by atoms with E-state index in [0.717, 1.165) is 17.5 Å². The normalized spacial score (nSPS) is 10.6. The van der Waals surface area contributed by atoms with Crippen LogP contribution >= 0.6 is 0 Å². The summed E-state index contributed by atoms with van der Waals surface area (Å²) in [7, 11) is 0. The van der Waals surface area contributed by atoms with Crippen LogP contribution < -0.4 is 5.32 Å². The molecule has 0 aliphatic rings. The van der Waals surface area contributed by atoms with Crippen molar-refractivity contribution in [1.29, 1.82) is 0 Å². The lowest BCUT2D eigenvalue weighted by molar-refractivity contribution is -0.116. The summed E-state index contributed by atoms with van der Waals surface area (Å²) in [4.78, 5) is 20.5. The fourth-order valence-corrected chi connectivity index (χ4v) is 2.39. The first-order valence-electron chi connectivity index (χ1n) is 8.28. The van der Waals surface area contributed by atoms with Crippen molar-refractivity contribution in [2.24, 2.45) is 0 Å². The zero-order valence-corrected chi connectivity index (χ0v) is 14.3. The van der Waals surface area contributed by atoms with Gasteiger partial charge in [-0.15, -0.1) is 0 Å². The van der Waals surface area contributed by atoms with Crippen LogP contribution in [0, 0.1) is 6.92 Å². The van der Waals surface area contributed by atoms with Crippen molar-refractivity contribution in [2.75, 3.05) is 5.32 Å². The van der Waals surface area contributed by atoms with E-state index in [1.165, 1.54) is 5.56 Å². The lowest BCUT2D eigenvalue weighted by Gasteiger charge is -2.03. The molecular formula is C19H20N4O2. The molecule has 6 nitrogen and oxygen atoms in total. The minimum atomic E-state index is -0.134. The van der Waals surface area contributed by atoms with Crippen molar-refractivity contribution in [2.45, 2.75) is 33.1 Å². The van der Waals surface area contributed by atoms with Gasteiger partial charge in [0.05, 0.1) is 0 Å². The molecular weight excluding hydrogens is 316 g/mol. The Hall–Kier alpha value is -3.02. The summed E-state index contributed by atoms with van der Waals surface area (Å²) in [6.45, 7) is 4.06. The highest BCUT2D eigenvalue weighted by molar-refractivity contribution is 5.89. The van der Waals surface area contributed by atoms with E-state index >= 15 is 0 Å². The van der Waals surface area contributed by atoms with E-state index in [1.807, 2.05) is 43.3 Å². The molecule has 3 rings (SSSR count). The van der Waals surface area contributed by atoms with Crippen molar-refractivity contribution < 1.29 is 9.32 Å². The maximum Gasteiger partial charge on any atom is 0.227 e. The summed E-state index contributed by atoms with van der Waals surface area (Å²) >= 11 is 0. The average Bonchev–Trinajstić information content (AvgIpc) is 3.09. The summed E-state index contributed by atoms with van der Waals surface area (Å²) in [6, 6.07) is 11.7. The van der Waals surface area contributed by atoms with E-state index in [9.17, 15) is 4.79 Å². The molecule has 0 saturated carbocycles. The Morgan fingerprint density at radius 1 is 1.20 bits per heavy atom. The average molecular weight is 336 g/mol. The first kappa shape index (κ1) is 16.8. The van der Waals surface area contributed by atoms with Crippen molar-refractivity contribution >= 4 is 11.7 Å². The third-order valence-corrected chi connectivity index (χ3v) is 3.84. The monoisotopic (exact) mass is 336 g/mol. The van der Waals surface area contributed by atoms with Gasteiger partial charge in [-0.3, -0.25) is 4.79 Å². The third-order valence-electron chi connectivity index (χ3n) is 3.84. The number of pyridine rings is 1. The lowest BCUT2D eigenvalue weighted by atomic mass is 10.1. The zero-order chi connectivity index (χ0) is 17.6. The number of rotatable bonds is 6. The zero-order valence-electron chi connectivity index (χ0n) is 14.3. The number of amides is 1. The van der Waals surface area contributed by atoms with Gasteiger partial charge in [-0.05, 0) is 36.6 Å². The SMILES string of the molecule is CCc1ccc(-c2noc(CCC(=O)Nc3cc(C)ccn3)n2)cc1. The molecule has 0 atom stereocenters. The number of aryl methyl sites for hydroxylation is 3. The number of carbonyl (C=O) groups excluding carboxylic acids is 1. The molecule has 25 heavy (non-hydrogen) atoms. The van der Waals surface area contributed by atoms with E-state index in [2.05, 4.69) is 27.4 Å². The van der Waals surface area contributed by atoms with E-state index in [1.54, 1.807) is 6.20 Å². The fourth-order valence-electron chi connectivity index (χ4n) is 2.39. The van der Waals surface area contributed by atoms with Gasteiger partial charge in [-0.2, -0.15) is 4.98 Å². The molecule has 2 heterocycles. The molecule has 0 bridgehead atoms. The van der Waals surface area contributed by atoms with Gasteiger partial charge in [0, 0.05) is 24.6 Å². The molecule has 0 saturated heterocycles. The smallest absolute Gasteiger partial charge is 0.227 e. The van der Waals surface area contributed by atoms with Gasteiger partial charge in [0.25, 0.3) is 0 Å². The fraction of sp³-hybridized carbons (Fsp3) is 0.263. The van der Waals surface area contributed by atoms with Crippen LogP contribution in [-0.4, -0.2) is 21.0 Å². The molecule has 0 aliphatic heterocycles. The number of anilines is 1. The highest BCUT2D eigenvalue weighted by atomic mass is 16.5. The van der Waals surface area contributed by atoms with Crippen molar-refractivity contribution in [3.63, 3.8) is 0 Å². The Bertz CT molecular complexity index is 856. The summed E-state index contributed by atoms with van der Waals surface area (Å²) in [6.07, 6.45) is 3.30. The Morgan fingerprint density at radius 2 is 2.00 bits per heavy atom. The highest BCUT2D eigenvalue weighted by Gasteiger charge is 2.11. The van der Waals surface area contributed by atoms with E-state index in [-0.39, 0.29) is 12.3 Å². The maximum absolute atomic E-state index is 12.0. The van der Waals surface area contributed by atoms with Gasteiger partial charge in [0.2, 0.25) is 17.6 Å². The van der Waals surface area contributed by atoms with E-state index < -0.39 is 0 Å². The third kappa shape index (κ3) is 4.50. The molecule has 6 heteroatoms. The summed E-state index contributed by atoms with van der Waals surface area (Å²) < 4.78 is 5.24. The molecule has 0 spiro atoms. The molecule has 1 amide bonds. The van der Waals surface area contributed by atoms with Crippen LogP contribution in [0.3, 0.4) is 0 Å². The Labute approximate surface area is 146 Å². The van der Waals surface area contributed by atoms with Crippen molar-refractivity contribution in [3.05, 3.63) is 59.6 Å². The molecule has 2 aromatic heterocycles. The van der Waals surface area contributed by atoms with Gasteiger partial charge >= 0.3 is 0 Å². The van der Waals surface area contributed by atoms with E-state index in [4.69, 9.17) is 4.52 Å². The van der Waals surface area contributed by atoms with Gasteiger partial charge in [-0.25, -0.2) is 4.98 Å². The molecule has 0 fully saturated rings. The Kier molecular flexibility index (Phi) is 5.18. The van der Waals surface area contributed by atoms with Crippen LogP contribution in [0.2, 0.25) is 0 Å². The van der Waals surface area contributed by atoms with Crippen LogP contribution in [0.25, 0.3) is 11.4 Å². The molecule has 1 aromatic carbocycles. The Balaban J connectivity index is 1.56. The van der Waals surface area contributed by atoms with Crippen LogP contribution in [0.1, 0.15) is 30.4 Å². The summed E-state index contributed by atoms with van der Waals surface area (Å²) in [5.41, 5.74) is 3.20. The molecule has 128 valence electrons. The van der Waals surface area contributed by atoms with Crippen LogP contribution in [0.4, 0.5) is 5.82 Å². The van der Waals surface area contributed by atoms with Crippen LogP contribution in [0.15, 0.2) is 47.1 Å². The largest absolute Gasteiger partial charge is 0.339 e. The highest BCUT2D eigenvalue weighted by Crippen LogP contribution is 2.17. The molecule has 3 aromatic rings. The number of carbonyl (C=O) groups is 1. The molecule has 0 radical (unpaired) electrons. The van der Waals surface area contributed by atoms with Gasteiger partial charge in [0.1, 0.15) is 5.82 Å². The molecule has 0 unspecified atom stereocenters. The number of benzene rings is 1. The Morgan fingerprint density at radius 3 is 2.72 bits per heavy atom. The van der Waals surface area contributed by atoms with Gasteiger partial charge < -0.3 is 9.84 Å². The second-order valence-electron chi connectivity index (χ2n) is 5.83. The minimum absolute atomic E-state index is 0.134. The van der Waals surface area contributed by atoms with E-state index in [0.29, 0.717) is 24.0 Å². The number of nitrogens with one attached hydrogen (secondary N) is 1. The number of nitrogens with zero attached hydrogens (tertiary/aromatic N) is 3. The predicted octanol–water partition coefficient (Wildman–Crippen LogP) is 3.57. The maximum atomic E-state index is 12.0. The topological polar surface area (TPSA) is 80.9 Å². The van der Waals surface area contributed by atoms with Crippen molar-refractivity contribution in [1.82, 2.24) is 15.1 Å². The molecule has 1 N–H and O–H groups in total. The first-order valence-corrected chi connectivity index (χ1v) is 8.28. The predicted molar refractivity (Wildman–Crippen MR) is 95.0 cm³/mol. The lowest BCUT2D eigenvalue weighted by Crippen LogP contribution is -2.13. The van der Waals surface area contributed by atoms with Crippen molar-refractivity contribution in [3.8, 4) is 11.4 Å². The van der Waals surface area contributed by atoms with Gasteiger partial charge in [0.15, 0.2) is 0 Å². The summed E-state index contributed by atoms with van der Waals surface area (Å²) in [5.74, 6) is 1.40. The van der Waals surface area contributed by atoms with Gasteiger partial charge in [-0.1, -0.05) is 36.3 Å². The standard InChI is InChI=1S/C19H20N4O2/c1-3-14-4-6-15(7-5-14)19-22-18(25-23-19)9-8-17(24)21-16-12-13(2)10-11-20-16/h4-7,10-12H,3,8-9H2,1-2H3,(H,20,21,24).